The molecule has 3 heterocycles. The first-order valence-corrected chi connectivity index (χ1v) is 8.06. The lowest BCUT2D eigenvalue weighted by atomic mass is 9.99. The van der Waals surface area contributed by atoms with Gasteiger partial charge in [0.2, 0.25) is 5.91 Å². The van der Waals surface area contributed by atoms with Crippen molar-refractivity contribution < 1.29 is 23.6 Å². The molecule has 5 amide bonds. The topological polar surface area (TPSA) is 135 Å². The van der Waals surface area contributed by atoms with Crippen LogP contribution in [0.2, 0.25) is 0 Å². The van der Waals surface area contributed by atoms with Crippen LogP contribution in [0.3, 0.4) is 0 Å². The molecule has 0 aromatic carbocycles. The SMILES string of the molecule is C[C@@]1(c2ccco2)NC(=O)N(CC(=O)Nc2sccc2C(N)=O)C1=O. The summed E-state index contributed by atoms with van der Waals surface area (Å²) in [5, 5.41) is 6.86. The Hall–Kier alpha value is -3.14. The fraction of sp³-hybridized carbons (Fsp3) is 0.200. The molecule has 130 valence electrons. The lowest BCUT2D eigenvalue weighted by Crippen LogP contribution is -2.41. The maximum absolute atomic E-state index is 12.6. The number of urea groups is 1. The summed E-state index contributed by atoms with van der Waals surface area (Å²) in [5.41, 5.74) is 4.00. The van der Waals surface area contributed by atoms with E-state index in [0.29, 0.717) is 0 Å². The molecule has 3 rings (SSSR count). The van der Waals surface area contributed by atoms with E-state index in [0.717, 1.165) is 16.2 Å². The minimum atomic E-state index is -1.37. The zero-order valence-electron chi connectivity index (χ0n) is 13.1. The van der Waals surface area contributed by atoms with Crippen LogP contribution in [-0.4, -0.2) is 35.2 Å². The number of amides is 5. The molecule has 1 fully saturated rings. The van der Waals surface area contributed by atoms with E-state index in [-0.39, 0.29) is 16.3 Å². The van der Waals surface area contributed by atoms with E-state index < -0.39 is 35.8 Å². The number of nitrogens with two attached hydrogens (primary N) is 1. The molecular weight excluding hydrogens is 348 g/mol. The van der Waals surface area contributed by atoms with Gasteiger partial charge in [0.25, 0.3) is 11.8 Å². The average Bonchev–Trinajstić information content (AvgIpc) is 3.26. The zero-order valence-corrected chi connectivity index (χ0v) is 13.9. The van der Waals surface area contributed by atoms with E-state index >= 15 is 0 Å². The molecule has 1 atom stereocenters. The van der Waals surface area contributed by atoms with Crippen molar-refractivity contribution in [3.63, 3.8) is 0 Å². The van der Waals surface area contributed by atoms with Gasteiger partial charge in [-0.1, -0.05) is 0 Å². The van der Waals surface area contributed by atoms with Gasteiger partial charge in [-0.25, -0.2) is 4.79 Å². The van der Waals surface area contributed by atoms with E-state index in [1.807, 2.05) is 0 Å². The molecule has 0 spiro atoms. The van der Waals surface area contributed by atoms with Gasteiger partial charge in [-0.2, -0.15) is 0 Å². The molecule has 1 aliphatic rings. The van der Waals surface area contributed by atoms with Crippen molar-refractivity contribution in [3.8, 4) is 0 Å². The summed E-state index contributed by atoms with van der Waals surface area (Å²) in [6.07, 6.45) is 1.39. The standard InChI is InChI=1S/C15H14N4O5S/c1-15(9-3-2-5-24-9)13(22)19(14(23)18-15)7-10(20)17-12-8(11(16)21)4-6-25-12/h2-6H,7H2,1H3,(H2,16,21)(H,17,20)(H,18,23)/t15-/m0/s1. The summed E-state index contributed by atoms with van der Waals surface area (Å²) in [6.45, 7) is 0.992. The molecule has 0 saturated carbocycles. The molecule has 10 heteroatoms. The number of thiophene rings is 1. The lowest BCUT2D eigenvalue weighted by Gasteiger charge is -2.18. The number of nitrogens with zero attached hydrogens (tertiary/aromatic N) is 1. The Bertz CT molecular complexity index is 859. The van der Waals surface area contributed by atoms with Crippen LogP contribution < -0.4 is 16.4 Å². The highest BCUT2D eigenvalue weighted by molar-refractivity contribution is 7.14. The van der Waals surface area contributed by atoms with Crippen LogP contribution in [0, 0.1) is 0 Å². The van der Waals surface area contributed by atoms with Gasteiger partial charge in [0.05, 0.1) is 11.8 Å². The van der Waals surface area contributed by atoms with Gasteiger partial charge in [0.15, 0.2) is 5.54 Å². The molecule has 2 aromatic rings. The monoisotopic (exact) mass is 362 g/mol. The van der Waals surface area contributed by atoms with Gasteiger partial charge in [-0.15, -0.1) is 11.3 Å². The van der Waals surface area contributed by atoms with Crippen molar-refractivity contribution >= 4 is 40.1 Å². The van der Waals surface area contributed by atoms with Gasteiger partial charge in [-0.3, -0.25) is 19.3 Å². The van der Waals surface area contributed by atoms with Crippen molar-refractivity contribution in [3.05, 3.63) is 41.2 Å². The second kappa shape index (κ2) is 6.06. The van der Waals surface area contributed by atoms with Crippen molar-refractivity contribution in [1.82, 2.24) is 10.2 Å². The first-order valence-electron chi connectivity index (χ1n) is 7.18. The maximum atomic E-state index is 12.6. The van der Waals surface area contributed by atoms with E-state index in [1.165, 1.54) is 19.3 Å². The van der Waals surface area contributed by atoms with E-state index in [2.05, 4.69) is 10.6 Å². The number of hydrogen-bond donors (Lipinski definition) is 3. The fourth-order valence-electron chi connectivity index (χ4n) is 2.48. The molecule has 1 saturated heterocycles. The fourth-order valence-corrected chi connectivity index (χ4v) is 3.29. The summed E-state index contributed by atoms with van der Waals surface area (Å²) < 4.78 is 5.21. The Morgan fingerprint density at radius 2 is 2.16 bits per heavy atom. The van der Waals surface area contributed by atoms with Crippen LogP contribution in [0.25, 0.3) is 0 Å². The number of rotatable bonds is 5. The number of primary amides is 1. The summed E-state index contributed by atoms with van der Waals surface area (Å²) in [7, 11) is 0. The summed E-state index contributed by atoms with van der Waals surface area (Å²) in [5.74, 6) is -1.65. The van der Waals surface area contributed by atoms with Crippen LogP contribution in [-0.2, 0) is 15.1 Å². The first kappa shape index (κ1) is 16.7. The normalized spacial score (nSPS) is 19.8. The number of furan rings is 1. The molecule has 0 bridgehead atoms. The van der Waals surface area contributed by atoms with Gasteiger partial charge < -0.3 is 20.8 Å². The Morgan fingerprint density at radius 1 is 1.40 bits per heavy atom. The largest absolute Gasteiger partial charge is 0.466 e. The number of imide groups is 1. The Balaban J connectivity index is 1.73. The number of hydrogen-bond acceptors (Lipinski definition) is 6. The van der Waals surface area contributed by atoms with Gasteiger partial charge >= 0.3 is 6.03 Å². The van der Waals surface area contributed by atoms with Crippen LogP contribution in [0.15, 0.2) is 34.3 Å². The molecule has 0 aliphatic carbocycles. The van der Waals surface area contributed by atoms with E-state index in [4.69, 9.17) is 10.2 Å². The third-order valence-electron chi connectivity index (χ3n) is 3.77. The highest BCUT2D eigenvalue weighted by Gasteiger charge is 2.51. The second-order valence-electron chi connectivity index (χ2n) is 5.50. The predicted molar refractivity (Wildman–Crippen MR) is 87.8 cm³/mol. The van der Waals surface area contributed by atoms with Gasteiger partial charge in [0, 0.05) is 0 Å². The van der Waals surface area contributed by atoms with Crippen molar-refractivity contribution in [2.24, 2.45) is 5.73 Å². The first-order chi connectivity index (χ1) is 11.8. The molecule has 0 radical (unpaired) electrons. The molecule has 1 aliphatic heterocycles. The van der Waals surface area contributed by atoms with E-state index in [9.17, 15) is 19.2 Å². The summed E-state index contributed by atoms with van der Waals surface area (Å²) in [4.78, 5) is 48.9. The third-order valence-corrected chi connectivity index (χ3v) is 4.60. The highest BCUT2D eigenvalue weighted by atomic mass is 32.1. The Labute approximate surface area is 145 Å². The second-order valence-corrected chi connectivity index (χ2v) is 6.42. The quantitative estimate of drug-likeness (QED) is 0.678. The molecule has 4 N–H and O–H groups in total. The molecule has 2 aromatic heterocycles. The Morgan fingerprint density at radius 3 is 2.80 bits per heavy atom. The number of anilines is 1. The van der Waals surface area contributed by atoms with E-state index in [1.54, 1.807) is 17.5 Å². The predicted octanol–water partition coefficient (Wildman–Crippen LogP) is 0.846. The van der Waals surface area contributed by atoms with Crippen LogP contribution in [0.5, 0.6) is 0 Å². The van der Waals surface area contributed by atoms with Crippen LogP contribution >= 0.6 is 11.3 Å². The molecular formula is C15H14N4O5S. The minimum Gasteiger partial charge on any atom is -0.466 e. The number of nitrogens with one attached hydrogen (secondary N) is 2. The molecule has 25 heavy (non-hydrogen) atoms. The minimum absolute atomic E-state index is 0.163. The highest BCUT2D eigenvalue weighted by Crippen LogP contribution is 2.29. The summed E-state index contributed by atoms with van der Waals surface area (Å²) >= 11 is 1.11. The van der Waals surface area contributed by atoms with Crippen molar-refractivity contribution in [2.45, 2.75) is 12.5 Å². The van der Waals surface area contributed by atoms with Crippen molar-refractivity contribution in [2.75, 3.05) is 11.9 Å². The van der Waals surface area contributed by atoms with Crippen LogP contribution in [0.4, 0.5) is 9.80 Å². The molecule has 9 nitrogen and oxygen atoms in total. The smallest absolute Gasteiger partial charge is 0.325 e. The zero-order chi connectivity index (χ0) is 18.2. The maximum Gasteiger partial charge on any atom is 0.325 e. The Kier molecular flexibility index (Phi) is 4.05. The average molecular weight is 362 g/mol. The summed E-state index contributed by atoms with van der Waals surface area (Å²) in [6, 6.07) is 3.93. The van der Waals surface area contributed by atoms with Crippen LogP contribution in [0.1, 0.15) is 23.0 Å². The third kappa shape index (κ3) is 2.87. The van der Waals surface area contributed by atoms with Gasteiger partial charge in [0.1, 0.15) is 17.3 Å². The lowest BCUT2D eigenvalue weighted by molar-refractivity contribution is -0.134. The van der Waals surface area contributed by atoms with Crippen molar-refractivity contribution in [1.29, 1.82) is 0 Å². The molecule has 0 unspecified atom stereocenters. The van der Waals surface area contributed by atoms with Gasteiger partial charge in [-0.05, 0) is 30.5 Å². The number of carbonyl (C=O) groups is 4. The number of carbonyl (C=O) groups excluding carboxylic acids is 4.